The van der Waals surface area contributed by atoms with Crippen LogP contribution in [0.1, 0.15) is 23.8 Å². The SMILES string of the molecule is C=CCN1C(=O)C(C#N)=C(C)/C(=C\c2ccc(-c3cc(C)c(C)cc3[N+](=O)[O-])o2)C1=O. The number of rotatable bonds is 5. The third kappa shape index (κ3) is 3.81. The second-order valence-corrected chi connectivity index (χ2v) is 7.09. The van der Waals surface area contributed by atoms with Crippen molar-refractivity contribution < 1.29 is 18.9 Å². The molecule has 0 saturated heterocycles. The number of imide groups is 1. The molecule has 8 nitrogen and oxygen atoms in total. The number of furan rings is 1. The highest BCUT2D eigenvalue weighted by molar-refractivity contribution is 6.19. The largest absolute Gasteiger partial charge is 0.456 e. The van der Waals surface area contributed by atoms with Crippen LogP contribution in [0.2, 0.25) is 0 Å². The number of benzene rings is 1. The molecule has 0 bridgehead atoms. The van der Waals surface area contributed by atoms with Gasteiger partial charge < -0.3 is 4.42 Å². The average molecular weight is 417 g/mol. The summed E-state index contributed by atoms with van der Waals surface area (Å²) >= 11 is 0. The minimum absolute atomic E-state index is 0.0360. The fourth-order valence-electron chi connectivity index (χ4n) is 3.29. The van der Waals surface area contributed by atoms with Gasteiger partial charge >= 0.3 is 0 Å². The van der Waals surface area contributed by atoms with E-state index in [2.05, 4.69) is 6.58 Å². The second-order valence-electron chi connectivity index (χ2n) is 7.09. The number of hydrogen-bond acceptors (Lipinski definition) is 6. The lowest BCUT2D eigenvalue weighted by Gasteiger charge is -2.26. The number of nitriles is 1. The Morgan fingerprint density at radius 3 is 2.48 bits per heavy atom. The quantitative estimate of drug-likeness (QED) is 0.236. The summed E-state index contributed by atoms with van der Waals surface area (Å²) in [5.74, 6) is -0.717. The third-order valence-electron chi connectivity index (χ3n) is 5.12. The zero-order chi connectivity index (χ0) is 22.9. The summed E-state index contributed by atoms with van der Waals surface area (Å²) in [5, 5.41) is 20.9. The molecule has 8 heteroatoms. The van der Waals surface area contributed by atoms with Gasteiger partial charge in [-0.2, -0.15) is 5.26 Å². The predicted octanol–water partition coefficient (Wildman–Crippen LogP) is 4.25. The highest BCUT2D eigenvalue weighted by Gasteiger charge is 2.35. The first-order valence-corrected chi connectivity index (χ1v) is 9.35. The topological polar surface area (TPSA) is 117 Å². The fourth-order valence-corrected chi connectivity index (χ4v) is 3.29. The zero-order valence-electron chi connectivity index (χ0n) is 17.3. The minimum Gasteiger partial charge on any atom is -0.456 e. The van der Waals surface area contributed by atoms with Gasteiger partial charge in [0.2, 0.25) is 0 Å². The first-order valence-electron chi connectivity index (χ1n) is 9.35. The molecule has 3 rings (SSSR count). The number of nitro groups is 1. The van der Waals surface area contributed by atoms with Crippen LogP contribution in [0.3, 0.4) is 0 Å². The number of nitro benzene ring substituents is 1. The van der Waals surface area contributed by atoms with Crippen molar-refractivity contribution in [3.8, 4) is 17.4 Å². The Hall–Kier alpha value is -4.25. The normalized spacial score (nSPS) is 15.4. The van der Waals surface area contributed by atoms with E-state index in [1.54, 1.807) is 25.1 Å². The molecule has 31 heavy (non-hydrogen) atoms. The summed E-state index contributed by atoms with van der Waals surface area (Å²) in [4.78, 5) is 37.1. The molecule has 0 saturated carbocycles. The van der Waals surface area contributed by atoms with E-state index in [4.69, 9.17) is 4.42 Å². The van der Waals surface area contributed by atoms with Gasteiger partial charge in [0.25, 0.3) is 17.5 Å². The summed E-state index contributed by atoms with van der Waals surface area (Å²) in [6.07, 6.45) is 2.82. The van der Waals surface area contributed by atoms with Gasteiger partial charge in [0.05, 0.1) is 10.5 Å². The first kappa shape index (κ1) is 21.5. The molecule has 0 fully saturated rings. The molecule has 2 aromatic rings. The number of carbonyl (C=O) groups excluding carboxylic acids is 2. The number of carbonyl (C=O) groups is 2. The Morgan fingerprint density at radius 1 is 1.19 bits per heavy atom. The second kappa shape index (κ2) is 8.24. The van der Waals surface area contributed by atoms with Crippen LogP contribution in [0.15, 0.2) is 58.1 Å². The van der Waals surface area contributed by atoms with Crippen LogP contribution in [-0.4, -0.2) is 28.2 Å². The molecule has 2 heterocycles. The van der Waals surface area contributed by atoms with Gasteiger partial charge in [-0.1, -0.05) is 6.08 Å². The molecule has 1 aromatic heterocycles. The Balaban J connectivity index is 2.10. The van der Waals surface area contributed by atoms with E-state index in [9.17, 15) is 25.0 Å². The van der Waals surface area contributed by atoms with Crippen molar-refractivity contribution in [1.82, 2.24) is 4.90 Å². The monoisotopic (exact) mass is 417 g/mol. The van der Waals surface area contributed by atoms with Crippen LogP contribution in [-0.2, 0) is 9.59 Å². The van der Waals surface area contributed by atoms with Crippen LogP contribution in [0, 0.1) is 35.3 Å². The Bertz CT molecular complexity index is 1240. The van der Waals surface area contributed by atoms with Crippen molar-refractivity contribution in [3.05, 3.63) is 80.6 Å². The van der Waals surface area contributed by atoms with Crippen molar-refractivity contribution >= 4 is 23.6 Å². The molecule has 0 aliphatic carbocycles. The van der Waals surface area contributed by atoms with E-state index >= 15 is 0 Å². The van der Waals surface area contributed by atoms with Crippen LogP contribution in [0.25, 0.3) is 17.4 Å². The zero-order valence-corrected chi connectivity index (χ0v) is 17.3. The molecule has 1 aliphatic heterocycles. The van der Waals surface area contributed by atoms with E-state index in [1.807, 2.05) is 13.0 Å². The van der Waals surface area contributed by atoms with Crippen molar-refractivity contribution in [2.45, 2.75) is 20.8 Å². The van der Waals surface area contributed by atoms with Gasteiger partial charge in [-0.3, -0.25) is 24.6 Å². The van der Waals surface area contributed by atoms with Gasteiger partial charge in [0.15, 0.2) is 0 Å². The molecule has 2 amide bonds. The van der Waals surface area contributed by atoms with Crippen LogP contribution in [0.5, 0.6) is 0 Å². The highest BCUT2D eigenvalue weighted by Crippen LogP contribution is 2.35. The molecular formula is C23H19N3O5. The maximum absolute atomic E-state index is 12.8. The molecule has 1 aliphatic rings. The lowest BCUT2D eigenvalue weighted by molar-refractivity contribution is -0.384. The smallest absolute Gasteiger partial charge is 0.280 e. The molecule has 0 spiro atoms. The summed E-state index contributed by atoms with van der Waals surface area (Å²) in [6.45, 7) is 8.65. The molecule has 0 radical (unpaired) electrons. The predicted molar refractivity (Wildman–Crippen MR) is 113 cm³/mol. The summed E-state index contributed by atoms with van der Waals surface area (Å²) in [5.41, 5.74) is 2.13. The van der Waals surface area contributed by atoms with Crippen LogP contribution < -0.4 is 0 Å². The van der Waals surface area contributed by atoms with Crippen molar-refractivity contribution in [1.29, 1.82) is 5.26 Å². The fraction of sp³-hybridized carbons (Fsp3) is 0.174. The molecule has 156 valence electrons. The van der Waals surface area contributed by atoms with E-state index in [1.165, 1.54) is 25.1 Å². The van der Waals surface area contributed by atoms with Crippen LogP contribution >= 0.6 is 0 Å². The molecule has 1 aromatic carbocycles. The van der Waals surface area contributed by atoms with E-state index in [-0.39, 0.29) is 40.5 Å². The Kier molecular flexibility index (Phi) is 5.70. The lowest BCUT2D eigenvalue weighted by atomic mass is 9.94. The average Bonchev–Trinajstić information content (AvgIpc) is 3.19. The summed E-state index contributed by atoms with van der Waals surface area (Å²) < 4.78 is 5.78. The van der Waals surface area contributed by atoms with E-state index in [0.717, 1.165) is 16.0 Å². The minimum atomic E-state index is -0.673. The molecule has 0 N–H and O–H groups in total. The number of aryl methyl sites for hydroxylation is 2. The number of amides is 2. The molecular weight excluding hydrogens is 398 g/mol. The number of nitrogens with zero attached hydrogens (tertiary/aromatic N) is 3. The van der Waals surface area contributed by atoms with Gasteiger partial charge in [-0.25, -0.2) is 0 Å². The first-order chi connectivity index (χ1) is 14.7. The van der Waals surface area contributed by atoms with Gasteiger partial charge in [0.1, 0.15) is 23.2 Å². The Morgan fingerprint density at radius 2 is 1.87 bits per heavy atom. The van der Waals surface area contributed by atoms with Gasteiger partial charge in [-0.15, -0.1) is 6.58 Å². The van der Waals surface area contributed by atoms with E-state index in [0.29, 0.717) is 5.56 Å². The van der Waals surface area contributed by atoms with Crippen molar-refractivity contribution in [2.24, 2.45) is 0 Å². The maximum Gasteiger partial charge on any atom is 0.280 e. The van der Waals surface area contributed by atoms with E-state index < -0.39 is 16.7 Å². The van der Waals surface area contributed by atoms with Crippen molar-refractivity contribution in [3.63, 3.8) is 0 Å². The summed E-state index contributed by atoms with van der Waals surface area (Å²) in [6, 6.07) is 8.16. The third-order valence-corrected chi connectivity index (χ3v) is 5.12. The highest BCUT2D eigenvalue weighted by atomic mass is 16.6. The molecule has 0 unspecified atom stereocenters. The maximum atomic E-state index is 12.8. The van der Waals surface area contributed by atoms with Crippen LogP contribution in [0.4, 0.5) is 5.69 Å². The lowest BCUT2D eigenvalue weighted by Crippen LogP contribution is -2.42. The van der Waals surface area contributed by atoms with Crippen molar-refractivity contribution in [2.75, 3.05) is 6.54 Å². The standard InChI is InChI=1S/C23H19N3O5/c1-5-8-25-22(27)17(15(4)19(12-24)23(25)28)11-16-6-7-21(31-16)18-9-13(2)14(3)10-20(18)26(29)30/h5-7,9-11H,1,8H2,2-4H3/b17-11+. The number of hydrogen-bond donors (Lipinski definition) is 0. The van der Waals surface area contributed by atoms with Gasteiger partial charge in [-0.05, 0) is 61.7 Å². The Labute approximate surface area is 178 Å². The van der Waals surface area contributed by atoms with Gasteiger partial charge in [0, 0.05) is 18.2 Å². The summed E-state index contributed by atoms with van der Waals surface area (Å²) in [7, 11) is 0. The molecule has 0 atom stereocenters.